The van der Waals surface area contributed by atoms with E-state index in [0.717, 1.165) is 5.57 Å². The molecule has 0 spiro atoms. The van der Waals surface area contributed by atoms with Gasteiger partial charge < -0.3 is 4.74 Å². The van der Waals surface area contributed by atoms with Crippen LogP contribution in [-0.2, 0) is 9.53 Å². The van der Waals surface area contributed by atoms with Crippen LogP contribution in [0, 0.1) is 0 Å². The minimum absolute atomic E-state index is 0.215. The molecule has 0 atom stereocenters. The lowest BCUT2D eigenvalue weighted by Crippen LogP contribution is -2.18. The predicted molar refractivity (Wildman–Crippen MR) is 49.1 cm³/mol. The van der Waals surface area contributed by atoms with E-state index in [1.54, 1.807) is 6.92 Å². The molecule has 11 heavy (non-hydrogen) atoms. The summed E-state index contributed by atoms with van der Waals surface area (Å²) in [6, 6.07) is 0. The summed E-state index contributed by atoms with van der Waals surface area (Å²) >= 11 is 0. The highest BCUT2D eigenvalue weighted by atomic mass is 28.3. The van der Waals surface area contributed by atoms with Gasteiger partial charge in [-0.3, -0.25) is 0 Å². The molecule has 0 heterocycles. The van der Waals surface area contributed by atoms with Crippen LogP contribution in [0.5, 0.6) is 0 Å². The van der Waals surface area contributed by atoms with Gasteiger partial charge in [0.1, 0.15) is 0 Å². The number of esters is 1. The van der Waals surface area contributed by atoms with Gasteiger partial charge in [-0.1, -0.05) is 25.3 Å². The molecule has 0 aromatic heterocycles. The molecule has 0 aliphatic rings. The Morgan fingerprint density at radius 1 is 1.36 bits per heavy atom. The van der Waals surface area contributed by atoms with E-state index in [9.17, 15) is 4.79 Å². The normalized spacial score (nSPS) is 13.0. The molecule has 2 nitrogen and oxygen atoms in total. The highest BCUT2D eigenvalue weighted by Gasteiger charge is 2.12. The molecule has 0 aromatic carbocycles. The van der Waals surface area contributed by atoms with E-state index in [1.807, 2.05) is 5.70 Å². The number of methoxy groups -OCH3 is 1. The van der Waals surface area contributed by atoms with Crippen molar-refractivity contribution in [3.63, 3.8) is 0 Å². The van der Waals surface area contributed by atoms with Crippen molar-refractivity contribution >= 4 is 14.0 Å². The summed E-state index contributed by atoms with van der Waals surface area (Å²) in [4.78, 5) is 10.9. The Morgan fingerprint density at radius 2 is 1.82 bits per heavy atom. The third-order valence-corrected chi connectivity index (χ3v) is 2.46. The monoisotopic (exact) mass is 172 g/mol. The van der Waals surface area contributed by atoms with Crippen LogP contribution in [0.2, 0.25) is 19.6 Å². The molecule has 0 radical (unpaired) electrons. The fourth-order valence-electron chi connectivity index (χ4n) is 0.869. The third kappa shape index (κ3) is 4.78. The summed E-state index contributed by atoms with van der Waals surface area (Å²) in [5, 5.41) is 0. The largest absolute Gasteiger partial charge is 0.466 e. The van der Waals surface area contributed by atoms with Crippen LogP contribution in [0.1, 0.15) is 6.92 Å². The van der Waals surface area contributed by atoms with Crippen molar-refractivity contribution in [2.24, 2.45) is 0 Å². The van der Waals surface area contributed by atoms with Gasteiger partial charge in [0.2, 0.25) is 0 Å². The van der Waals surface area contributed by atoms with Crippen molar-refractivity contribution in [2.75, 3.05) is 7.11 Å². The van der Waals surface area contributed by atoms with Gasteiger partial charge in [-0.2, -0.15) is 0 Å². The van der Waals surface area contributed by atoms with Gasteiger partial charge in [-0.05, 0) is 6.92 Å². The molecular formula is C8H16O2Si. The van der Waals surface area contributed by atoms with Crippen LogP contribution in [0.25, 0.3) is 0 Å². The second kappa shape index (κ2) is 3.71. The Labute approximate surface area is 69.3 Å². The molecule has 0 bridgehead atoms. The maximum atomic E-state index is 10.9. The number of hydrogen-bond acceptors (Lipinski definition) is 2. The number of carbonyl (C=O) groups excluding carboxylic acids is 1. The maximum absolute atomic E-state index is 10.9. The molecule has 0 aromatic rings. The standard InChI is InChI=1S/C8H16O2Si/c1-7(8(9)10-2)6-11(3,4)5/h6H,1-5H3. The topological polar surface area (TPSA) is 26.3 Å². The zero-order chi connectivity index (χ0) is 9.07. The number of carbonyl (C=O) groups is 1. The van der Waals surface area contributed by atoms with Crippen LogP contribution in [0.4, 0.5) is 0 Å². The van der Waals surface area contributed by atoms with Gasteiger partial charge in [0.25, 0.3) is 0 Å². The Hall–Kier alpha value is -0.573. The van der Waals surface area contributed by atoms with E-state index in [-0.39, 0.29) is 5.97 Å². The fraction of sp³-hybridized carbons (Fsp3) is 0.625. The quantitative estimate of drug-likeness (QED) is 0.362. The lowest BCUT2D eigenvalue weighted by molar-refractivity contribution is -0.136. The summed E-state index contributed by atoms with van der Waals surface area (Å²) in [6.07, 6.45) is 0. The number of ether oxygens (including phenoxy) is 1. The molecule has 0 amide bonds. The first-order chi connectivity index (χ1) is 4.87. The second-order valence-corrected chi connectivity index (χ2v) is 8.71. The van der Waals surface area contributed by atoms with Crippen molar-refractivity contribution in [3.8, 4) is 0 Å². The summed E-state index contributed by atoms with van der Waals surface area (Å²) in [6.45, 7) is 8.34. The Kier molecular flexibility index (Phi) is 3.52. The summed E-state index contributed by atoms with van der Waals surface area (Å²) < 4.78 is 4.57. The van der Waals surface area contributed by atoms with E-state index in [2.05, 4.69) is 24.4 Å². The van der Waals surface area contributed by atoms with Crippen molar-refractivity contribution < 1.29 is 9.53 Å². The van der Waals surface area contributed by atoms with E-state index < -0.39 is 8.07 Å². The molecule has 0 rings (SSSR count). The van der Waals surface area contributed by atoms with Crippen LogP contribution in [0.15, 0.2) is 11.3 Å². The first-order valence-electron chi connectivity index (χ1n) is 3.64. The first-order valence-corrected chi connectivity index (χ1v) is 7.22. The molecule has 0 aliphatic carbocycles. The van der Waals surface area contributed by atoms with Gasteiger partial charge in [-0.25, -0.2) is 4.79 Å². The predicted octanol–water partition coefficient (Wildman–Crippen LogP) is 1.98. The molecule has 0 fully saturated rings. The molecule has 0 aliphatic heterocycles. The lowest BCUT2D eigenvalue weighted by atomic mass is 10.4. The van der Waals surface area contributed by atoms with Gasteiger partial charge in [0.05, 0.1) is 15.2 Å². The van der Waals surface area contributed by atoms with Gasteiger partial charge in [-0.15, -0.1) is 0 Å². The Morgan fingerprint density at radius 3 is 2.09 bits per heavy atom. The number of hydrogen-bond donors (Lipinski definition) is 0. The Bertz CT molecular complexity index is 177. The zero-order valence-corrected chi connectivity index (χ0v) is 8.89. The zero-order valence-electron chi connectivity index (χ0n) is 7.89. The van der Waals surface area contributed by atoms with Crippen LogP contribution in [0.3, 0.4) is 0 Å². The maximum Gasteiger partial charge on any atom is 0.332 e. The van der Waals surface area contributed by atoms with Crippen molar-refractivity contribution in [1.29, 1.82) is 0 Å². The minimum atomic E-state index is -1.26. The highest BCUT2D eigenvalue weighted by molar-refractivity contribution is 6.81. The smallest absolute Gasteiger partial charge is 0.332 e. The van der Waals surface area contributed by atoms with Crippen molar-refractivity contribution in [2.45, 2.75) is 26.6 Å². The number of rotatable bonds is 2. The molecular weight excluding hydrogens is 156 g/mol. The fourth-order valence-corrected chi connectivity index (χ4v) is 2.29. The van der Waals surface area contributed by atoms with Crippen molar-refractivity contribution in [1.82, 2.24) is 0 Å². The minimum Gasteiger partial charge on any atom is -0.466 e. The van der Waals surface area contributed by atoms with E-state index in [0.29, 0.717) is 0 Å². The Balaban J connectivity index is 4.34. The first kappa shape index (κ1) is 10.4. The summed E-state index contributed by atoms with van der Waals surface area (Å²) in [5.41, 5.74) is 2.77. The van der Waals surface area contributed by atoms with Crippen LogP contribution < -0.4 is 0 Å². The molecule has 0 unspecified atom stereocenters. The van der Waals surface area contributed by atoms with E-state index in [4.69, 9.17) is 0 Å². The molecule has 0 N–H and O–H groups in total. The molecule has 0 saturated carbocycles. The van der Waals surface area contributed by atoms with Gasteiger partial charge >= 0.3 is 5.97 Å². The summed E-state index contributed by atoms with van der Waals surface area (Å²) in [7, 11) is 0.144. The average molecular weight is 172 g/mol. The highest BCUT2D eigenvalue weighted by Crippen LogP contribution is 2.07. The van der Waals surface area contributed by atoms with Gasteiger partial charge in [0, 0.05) is 5.57 Å². The van der Waals surface area contributed by atoms with E-state index in [1.165, 1.54) is 7.11 Å². The molecule has 0 saturated heterocycles. The van der Waals surface area contributed by atoms with Crippen LogP contribution in [-0.4, -0.2) is 21.2 Å². The lowest BCUT2D eigenvalue weighted by Gasteiger charge is -2.10. The SMILES string of the molecule is COC(=O)C(C)=C[Si](C)(C)C. The molecule has 3 heteroatoms. The van der Waals surface area contributed by atoms with Crippen LogP contribution >= 0.6 is 0 Å². The van der Waals surface area contributed by atoms with Gasteiger partial charge in [0.15, 0.2) is 0 Å². The molecule has 64 valence electrons. The van der Waals surface area contributed by atoms with E-state index >= 15 is 0 Å². The second-order valence-electron chi connectivity index (χ2n) is 3.68. The average Bonchev–Trinajstić information content (AvgIpc) is 1.82. The third-order valence-electron chi connectivity index (χ3n) is 1.16. The van der Waals surface area contributed by atoms with Crippen molar-refractivity contribution in [3.05, 3.63) is 11.3 Å². The summed E-state index contributed by atoms with van der Waals surface area (Å²) in [5.74, 6) is -0.215.